The van der Waals surface area contributed by atoms with E-state index in [2.05, 4.69) is 4.79 Å². The van der Waals surface area contributed by atoms with Crippen molar-refractivity contribution in [2.75, 3.05) is 6.61 Å². The standard InChI is InChI=1S/C27H27F2NO3S.C26H27F2NO3S.C21H21F2N3O3S.C21H23F2NO3S/c1-18-13-14-26(20-9-5-3-6-10-20)34(32,33)30(18)17-22-15-25(29)23(16-24(22)28)27(19(2)31)21-11-7-4-8-12-21;1-18-12-13-26(20-10-6-3-7-11-20)33(31,32)29(18)16-21-14-25(28)22(15-24(21)27)23(17-30)19-8-4-2-5-9-19;1-13-8-9-20(15-6-4-3-5-7-15)30(28,29)26(13)12-16-10-19(23)17(11-18(16)22)21(25-24)14(2)27;1-14-8-9-21(16-6-4-3-5-7-16)28(26,27)24(14)13-18-12-19(22)17(10-15(2)25)11-20(18)23/h3-12,15-16,18,26-27H,13-14,17H2,1-2H3;2-11,14-15,18,23,26,30H,12-13,16-17H2,1H3;3-7,10-11,13,20H,8-9,12H2,1-2H3;3-7,11-12,14,21H,8-10,13H2,1-2H3/t18-,26+,27?;18-,23?,26+;13-,20+;14-,21+/m0000/s1. The van der Waals surface area contributed by atoms with Gasteiger partial charge in [-0.1, -0.05) is 182 Å². The van der Waals surface area contributed by atoms with Gasteiger partial charge in [0.1, 0.15) is 84.7 Å². The smallest absolute Gasteiger partial charge is 0.367 e. The van der Waals surface area contributed by atoms with E-state index in [1.54, 1.807) is 191 Å². The quantitative estimate of drug-likeness (QED) is 0.0288. The van der Waals surface area contributed by atoms with Crippen molar-refractivity contribution in [2.24, 2.45) is 0 Å². The van der Waals surface area contributed by atoms with Gasteiger partial charge in [0.2, 0.25) is 45.9 Å². The van der Waals surface area contributed by atoms with Crippen LogP contribution >= 0.6 is 0 Å². The van der Waals surface area contributed by atoms with Gasteiger partial charge in [-0.3, -0.25) is 14.4 Å². The predicted octanol–water partition coefficient (Wildman–Crippen LogP) is 18.7. The van der Waals surface area contributed by atoms with Crippen LogP contribution in [0.2, 0.25) is 0 Å². The average Bonchev–Trinajstić information content (AvgIpc) is 0.773. The minimum Gasteiger partial charge on any atom is -0.395 e. The van der Waals surface area contributed by atoms with Crippen molar-refractivity contribution in [2.45, 2.75) is 189 Å². The normalized spacial score (nSPS) is 21.5. The van der Waals surface area contributed by atoms with Crippen LogP contribution in [0, 0.1) is 46.5 Å². The Morgan fingerprint density at radius 1 is 0.368 bits per heavy atom. The molecule has 660 valence electrons. The third kappa shape index (κ3) is 22.0. The first-order valence-corrected chi connectivity index (χ1v) is 47.0. The molecular weight excluding hydrogens is 1700 g/mol. The first-order valence-electron chi connectivity index (χ1n) is 41.0. The lowest BCUT2D eigenvalue weighted by molar-refractivity contribution is -0.118. The van der Waals surface area contributed by atoms with Crippen LogP contribution in [0.5, 0.6) is 0 Å². The molecular formula is C95H98F8N6O12S4. The number of sulfonamides is 4. The number of hydrogen-bond acceptors (Lipinski definition) is 12. The van der Waals surface area contributed by atoms with Gasteiger partial charge in [-0.2, -0.15) is 22.0 Å². The molecule has 0 bridgehead atoms. The van der Waals surface area contributed by atoms with Gasteiger partial charge in [-0.05, 0) is 180 Å². The van der Waals surface area contributed by atoms with Crippen molar-refractivity contribution < 1.29 is 93.1 Å². The zero-order valence-corrected chi connectivity index (χ0v) is 73.2. The summed E-state index contributed by atoms with van der Waals surface area (Å²) in [7, 11) is -15.1. The Morgan fingerprint density at radius 2 is 0.640 bits per heavy atom. The number of hydrogen-bond donors (Lipinski definition) is 1. The highest BCUT2D eigenvalue weighted by atomic mass is 32.2. The van der Waals surface area contributed by atoms with E-state index >= 15 is 17.6 Å². The topological polar surface area (TPSA) is 257 Å². The van der Waals surface area contributed by atoms with Gasteiger partial charge >= 0.3 is 5.71 Å². The Bertz CT molecular complexity index is 6060. The number of Topliss-reactive ketones (excluding diaryl/α,β-unsaturated/α-hetero) is 3. The molecule has 10 atom stereocenters. The Hall–Kier alpha value is -10.4. The Labute approximate surface area is 725 Å². The van der Waals surface area contributed by atoms with Crippen molar-refractivity contribution in [3.63, 3.8) is 0 Å². The van der Waals surface area contributed by atoms with Gasteiger partial charge < -0.3 is 10.6 Å². The summed E-state index contributed by atoms with van der Waals surface area (Å²) in [6.07, 6.45) is 4.12. The average molecular weight is 1800 g/mol. The van der Waals surface area contributed by atoms with Crippen molar-refractivity contribution in [1.29, 1.82) is 0 Å². The molecule has 14 rings (SSSR count). The third-order valence-corrected chi connectivity index (χ3v) is 33.0. The molecule has 4 aliphatic heterocycles. The van der Waals surface area contributed by atoms with Crippen LogP contribution in [0.3, 0.4) is 0 Å². The van der Waals surface area contributed by atoms with E-state index in [0.717, 1.165) is 55.5 Å². The minimum atomic E-state index is -3.81. The summed E-state index contributed by atoms with van der Waals surface area (Å²) < 4.78 is 230. The Balaban J connectivity index is 0.000000162. The molecule has 30 heteroatoms. The van der Waals surface area contributed by atoms with Crippen molar-refractivity contribution in [3.8, 4) is 0 Å². The number of aliphatic hydroxyl groups excluding tert-OH is 1. The second-order valence-electron chi connectivity index (χ2n) is 32.0. The summed E-state index contributed by atoms with van der Waals surface area (Å²) in [4.78, 5) is 37.7. The van der Waals surface area contributed by atoms with Gasteiger partial charge in [0, 0.05) is 103 Å². The second kappa shape index (κ2) is 41.4. The lowest BCUT2D eigenvalue weighted by atomic mass is 9.87. The predicted molar refractivity (Wildman–Crippen MR) is 462 cm³/mol. The molecule has 1 N–H and O–H groups in total. The lowest BCUT2D eigenvalue weighted by Gasteiger charge is -2.37. The molecule has 4 fully saturated rings. The molecule has 18 nitrogen and oxygen atoms in total. The van der Waals surface area contributed by atoms with Gasteiger partial charge in [-0.15, -0.1) is 0 Å². The molecule has 4 heterocycles. The lowest BCUT2D eigenvalue weighted by Crippen LogP contribution is -2.44. The van der Waals surface area contributed by atoms with Gasteiger partial charge in [0.05, 0.1) is 12.5 Å². The summed E-state index contributed by atoms with van der Waals surface area (Å²) >= 11 is 0. The molecule has 0 radical (unpaired) electrons. The largest absolute Gasteiger partial charge is 0.395 e. The molecule has 0 saturated carbocycles. The summed E-state index contributed by atoms with van der Waals surface area (Å²) in [6, 6.07) is 59.6. The SMILES string of the molecule is CC(=O)C(=[N+]=[N-])c1cc(F)c(CN2[C@@H](C)CC[C@H](c3ccccc3)S2(=O)=O)cc1F.CC(=O)C(c1ccccc1)c1cc(F)c(CN2[C@@H](C)CC[C@H](c3ccccc3)S2(=O)=O)cc1F.CC(=O)Cc1cc(F)c(CN2[C@@H](C)CC[C@H](c3ccccc3)S2(=O)=O)cc1F.C[C@H]1CC[C@H](c2ccccc2)S(=O)(=O)N1Cc1cc(F)c(C(CO)c2ccccc2)cc1F. The summed E-state index contributed by atoms with van der Waals surface area (Å²) in [5.74, 6) is -9.07. The van der Waals surface area contributed by atoms with Gasteiger partial charge in [0.25, 0.3) is 0 Å². The summed E-state index contributed by atoms with van der Waals surface area (Å²) in [6.45, 7) is 9.30. The maximum absolute atomic E-state index is 15.2. The fourth-order valence-corrected chi connectivity index (χ4v) is 25.5. The zero-order chi connectivity index (χ0) is 90.6. The molecule has 10 aromatic carbocycles. The number of carbonyl (C=O) groups excluding carboxylic acids is 3. The summed E-state index contributed by atoms with van der Waals surface area (Å²) in [5, 5.41) is 6.95. The molecule has 0 aliphatic carbocycles. The highest BCUT2D eigenvalue weighted by molar-refractivity contribution is 7.90. The fourth-order valence-electron chi connectivity index (χ4n) is 16.7. The number of rotatable bonds is 22. The van der Waals surface area contributed by atoms with Crippen molar-refractivity contribution >= 4 is 63.2 Å². The highest BCUT2D eigenvalue weighted by Gasteiger charge is 2.46. The molecule has 4 saturated heterocycles. The third-order valence-electron chi connectivity index (χ3n) is 23.5. The molecule has 0 aromatic heterocycles. The maximum Gasteiger partial charge on any atom is 0.367 e. The van der Waals surface area contributed by atoms with Crippen LogP contribution in [-0.2, 0) is 87.1 Å². The number of halogens is 8. The number of ketones is 3. The minimum absolute atomic E-state index is 0.0227. The van der Waals surface area contributed by atoms with E-state index in [0.29, 0.717) is 84.7 Å². The zero-order valence-electron chi connectivity index (χ0n) is 69.9. The van der Waals surface area contributed by atoms with Gasteiger partial charge in [-0.25, -0.2) is 68.8 Å². The first kappa shape index (κ1) is 95.3. The molecule has 10 aromatic rings. The molecule has 2 unspecified atom stereocenters. The second-order valence-corrected chi connectivity index (χ2v) is 40.3. The van der Waals surface area contributed by atoms with Crippen LogP contribution in [0.15, 0.2) is 231 Å². The number of benzene rings is 10. The van der Waals surface area contributed by atoms with E-state index in [-0.39, 0.29) is 114 Å². The fraction of sp³-hybridized carbons (Fsp3) is 0.326. The maximum atomic E-state index is 15.2. The number of aliphatic hydroxyl groups is 1. The van der Waals surface area contributed by atoms with E-state index in [9.17, 15) is 70.7 Å². The van der Waals surface area contributed by atoms with E-state index in [1.165, 1.54) is 31.1 Å². The molecule has 0 spiro atoms. The number of nitrogens with zero attached hydrogens (tertiary/aromatic N) is 6. The summed E-state index contributed by atoms with van der Waals surface area (Å²) in [5.41, 5.74) is 11.5. The first-order chi connectivity index (χ1) is 59.4. The van der Waals surface area contributed by atoms with Crippen LogP contribution < -0.4 is 0 Å². The van der Waals surface area contributed by atoms with Crippen LogP contribution in [0.4, 0.5) is 35.1 Å². The molecule has 4 aliphatic rings. The van der Waals surface area contributed by atoms with Crippen molar-refractivity contribution in [1.82, 2.24) is 17.2 Å². The van der Waals surface area contributed by atoms with E-state index in [4.69, 9.17) is 5.53 Å². The molecule has 0 amide bonds. The Kier molecular flexibility index (Phi) is 31.5. The van der Waals surface area contributed by atoms with Crippen molar-refractivity contribution in [3.05, 3.63) is 360 Å². The van der Waals surface area contributed by atoms with Gasteiger partial charge in [0.15, 0.2) is 0 Å². The monoisotopic (exact) mass is 1790 g/mol. The van der Waals surface area contributed by atoms with Crippen LogP contribution in [0.1, 0.15) is 211 Å². The molecule has 125 heavy (non-hydrogen) atoms. The van der Waals surface area contributed by atoms with E-state index < -0.39 is 137 Å². The van der Waals surface area contributed by atoms with E-state index in [1.807, 2.05) is 18.2 Å². The Morgan fingerprint density at radius 3 is 0.952 bits per heavy atom. The van der Waals surface area contributed by atoms with Crippen LogP contribution in [0.25, 0.3) is 5.53 Å². The van der Waals surface area contributed by atoms with Crippen LogP contribution in [-0.4, -0.2) is 115 Å². The highest BCUT2D eigenvalue weighted by Crippen LogP contribution is 2.44. The number of carbonyl (C=O) groups is 3.